The molecule has 0 aromatic heterocycles. The van der Waals surface area contributed by atoms with Gasteiger partial charge in [0, 0.05) is 26.7 Å². The van der Waals surface area contributed by atoms with Crippen LogP contribution in [0.3, 0.4) is 0 Å². The molecule has 0 saturated heterocycles. The highest BCUT2D eigenvalue weighted by Crippen LogP contribution is 2.18. The quantitative estimate of drug-likeness (QED) is 0.516. The number of ether oxygens (including phenoxy) is 3. The molecular weight excluding hydrogens is 252 g/mol. The predicted octanol–water partition coefficient (Wildman–Crippen LogP) is 1.46. The number of carbonyl (C=O) groups is 3. The highest BCUT2D eigenvalue weighted by molar-refractivity contribution is 5.67. The van der Waals surface area contributed by atoms with Crippen molar-refractivity contribution in [2.75, 3.05) is 6.61 Å². The molecule has 0 rings (SSSR count). The molecule has 0 radical (unpaired) electrons. The molecule has 6 nitrogen and oxygen atoms in total. The number of carbonyl (C=O) groups excluding carboxylic acids is 3. The summed E-state index contributed by atoms with van der Waals surface area (Å²) >= 11 is 0. The lowest BCUT2D eigenvalue weighted by molar-refractivity contribution is -0.172. The van der Waals surface area contributed by atoms with Crippen LogP contribution in [0.15, 0.2) is 0 Å². The maximum Gasteiger partial charge on any atom is 0.303 e. The highest BCUT2D eigenvalue weighted by atomic mass is 16.6. The molecule has 0 aromatic rings. The molecule has 0 aromatic carbocycles. The summed E-state index contributed by atoms with van der Waals surface area (Å²) in [6, 6.07) is 0. The standard InChI is InChI=1S/C13H22O6/c1-6-12(18-10(4)15)13(19-11(5)16)8(2)7-17-9(3)14/h8,12-13H,6-7H2,1-5H3/t8-,12+,13-/m0/s1. The molecule has 110 valence electrons. The second-order valence-electron chi connectivity index (χ2n) is 4.41. The second kappa shape index (κ2) is 8.50. The van der Waals surface area contributed by atoms with Gasteiger partial charge in [-0.3, -0.25) is 14.4 Å². The van der Waals surface area contributed by atoms with E-state index in [1.54, 1.807) is 6.92 Å². The third-order valence-corrected chi connectivity index (χ3v) is 2.50. The van der Waals surface area contributed by atoms with Crippen molar-refractivity contribution in [3.8, 4) is 0 Å². The van der Waals surface area contributed by atoms with Crippen LogP contribution in [0.2, 0.25) is 0 Å². The lowest BCUT2D eigenvalue weighted by Crippen LogP contribution is -2.40. The summed E-state index contributed by atoms with van der Waals surface area (Å²) < 4.78 is 15.2. The number of hydrogen-bond acceptors (Lipinski definition) is 6. The molecule has 0 aliphatic rings. The molecule has 3 atom stereocenters. The fraction of sp³-hybridized carbons (Fsp3) is 0.769. The van der Waals surface area contributed by atoms with Crippen molar-refractivity contribution in [2.45, 2.75) is 53.2 Å². The van der Waals surface area contributed by atoms with Gasteiger partial charge in [0.05, 0.1) is 6.61 Å². The van der Waals surface area contributed by atoms with Gasteiger partial charge >= 0.3 is 17.9 Å². The first-order valence-corrected chi connectivity index (χ1v) is 6.25. The fourth-order valence-electron chi connectivity index (χ4n) is 1.69. The minimum Gasteiger partial charge on any atom is -0.465 e. The van der Waals surface area contributed by atoms with Crippen LogP contribution in [-0.4, -0.2) is 36.7 Å². The van der Waals surface area contributed by atoms with Gasteiger partial charge in [0.25, 0.3) is 0 Å². The Balaban J connectivity index is 4.78. The van der Waals surface area contributed by atoms with Gasteiger partial charge in [-0.2, -0.15) is 0 Å². The van der Waals surface area contributed by atoms with Crippen LogP contribution in [0.4, 0.5) is 0 Å². The van der Waals surface area contributed by atoms with Gasteiger partial charge in [-0.1, -0.05) is 13.8 Å². The summed E-state index contributed by atoms with van der Waals surface area (Å²) in [7, 11) is 0. The Kier molecular flexibility index (Phi) is 7.79. The van der Waals surface area contributed by atoms with Gasteiger partial charge in [0.1, 0.15) is 12.2 Å². The van der Waals surface area contributed by atoms with E-state index in [0.29, 0.717) is 6.42 Å². The summed E-state index contributed by atoms with van der Waals surface area (Å²) in [5, 5.41) is 0. The SMILES string of the molecule is CC[C@@H](OC(C)=O)[C@@H](OC(C)=O)[C@@H](C)COC(C)=O. The molecule has 0 unspecified atom stereocenters. The number of esters is 3. The van der Waals surface area contributed by atoms with E-state index < -0.39 is 30.1 Å². The third kappa shape index (κ3) is 7.43. The Bertz CT molecular complexity index is 325. The smallest absolute Gasteiger partial charge is 0.303 e. The van der Waals surface area contributed by atoms with Crippen LogP contribution in [0.25, 0.3) is 0 Å². The molecule has 0 bridgehead atoms. The predicted molar refractivity (Wildman–Crippen MR) is 67.2 cm³/mol. The van der Waals surface area contributed by atoms with Crippen molar-refractivity contribution >= 4 is 17.9 Å². The zero-order valence-electron chi connectivity index (χ0n) is 12.1. The van der Waals surface area contributed by atoms with Crippen molar-refractivity contribution in [1.29, 1.82) is 0 Å². The minimum absolute atomic E-state index is 0.102. The molecule has 19 heavy (non-hydrogen) atoms. The van der Waals surface area contributed by atoms with Gasteiger partial charge in [-0.25, -0.2) is 0 Å². The molecule has 0 heterocycles. The minimum atomic E-state index is -0.634. The van der Waals surface area contributed by atoms with Gasteiger partial charge in [-0.05, 0) is 6.42 Å². The van der Waals surface area contributed by atoms with Crippen LogP contribution in [0, 0.1) is 5.92 Å². The molecule has 6 heteroatoms. The van der Waals surface area contributed by atoms with E-state index in [0.717, 1.165) is 0 Å². The van der Waals surface area contributed by atoms with Crippen molar-refractivity contribution in [2.24, 2.45) is 5.92 Å². The molecule has 0 aliphatic carbocycles. The van der Waals surface area contributed by atoms with E-state index >= 15 is 0 Å². The van der Waals surface area contributed by atoms with Crippen LogP contribution in [-0.2, 0) is 28.6 Å². The van der Waals surface area contributed by atoms with E-state index in [1.807, 2.05) is 6.92 Å². The highest BCUT2D eigenvalue weighted by Gasteiger charge is 2.31. The van der Waals surface area contributed by atoms with Crippen LogP contribution in [0.1, 0.15) is 41.0 Å². The average Bonchev–Trinajstić information content (AvgIpc) is 2.29. The Morgan fingerprint density at radius 2 is 1.47 bits per heavy atom. The van der Waals surface area contributed by atoms with Gasteiger partial charge in [-0.15, -0.1) is 0 Å². The van der Waals surface area contributed by atoms with Crippen molar-refractivity contribution in [3.63, 3.8) is 0 Å². The molecule has 0 amide bonds. The average molecular weight is 274 g/mol. The fourth-order valence-corrected chi connectivity index (χ4v) is 1.69. The summed E-state index contributed by atoms with van der Waals surface area (Å²) in [5.41, 5.74) is 0. The first-order valence-electron chi connectivity index (χ1n) is 6.25. The van der Waals surface area contributed by atoms with Gasteiger partial charge in [0.15, 0.2) is 0 Å². The van der Waals surface area contributed by atoms with Gasteiger partial charge in [0.2, 0.25) is 0 Å². The maximum absolute atomic E-state index is 11.1. The second-order valence-corrected chi connectivity index (χ2v) is 4.41. The van der Waals surface area contributed by atoms with Crippen molar-refractivity contribution < 1.29 is 28.6 Å². The maximum atomic E-state index is 11.1. The summed E-state index contributed by atoms with van der Waals surface area (Å²) in [5.74, 6) is -1.58. The zero-order valence-corrected chi connectivity index (χ0v) is 12.1. The van der Waals surface area contributed by atoms with Crippen LogP contribution < -0.4 is 0 Å². The van der Waals surface area contributed by atoms with Crippen molar-refractivity contribution in [1.82, 2.24) is 0 Å². The van der Waals surface area contributed by atoms with E-state index in [1.165, 1.54) is 20.8 Å². The summed E-state index contributed by atoms with van der Waals surface area (Å²) in [4.78, 5) is 33.0. The molecule has 0 fully saturated rings. The topological polar surface area (TPSA) is 78.9 Å². The number of rotatable bonds is 7. The molecule has 0 aliphatic heterocycles. The Labute approximate surface area is 113 Å². The van der Waals surface area contributed by atoms with Gasteiger partial charge < -0.3 is 14.2 Å². The zero-order chi connectivity index (χ0) is 15.0. The largest absolute Gasteiger partial charge is 0.465 e. The molecular formula is C13H22O6. The molecule has 0 spiro atoms. The summed E-state index contributed by atoms with van der Waals surface area (Å²) in [6.45, 7) is 7.57. The van der Waals surface area contributed by atoms with E-state index in [9.17, 15) is 14.4 Å². The first kappa shape index (κ1) is 17.4. The molecule has 0 N–H and O–H groups in total. The Morgan fingerprint density at radius 1 is 0.947 bits per heavy atom. The van der Waals surface area contributed by atoms with E-state index in [4.69, 9.17) is 14.2 Å². The van der Waals surface area contributed by atoms with Crippen LogP contribution in [0.5, 0.6) is 0 Å². The van der Waals surface area contributed by atoms with E-state index in [2.05, 4.69) is 0 Å². The first-order chi connectivity index (χ1) is 8.77. The Morgan fingerprint density at radius 3 is 1.84 bits per heavy atom. The summed E-state index contributed by atoms with van der Waals surface area (Å²) in [6.07, 6.45) is -0.681. The lowest BCUT2D eigenvalue weighted by atomic mass is 9.98. The lowest BCUT2D eigenvalue weighted by Gasteiger charge is -2.29. The number of hydrogen-bond donors (Lipinski definition) is 0. The third-order valence-electron chi connectivity index (χ3n) is 2.50. The Hall–Kier alpha value is -1.59. The van der Waals surface area contributed by atoms with Crippen LogP contribution >= 0.6 is 0 Å². The monoisotopic (exact) mass is 274 g/mol. The van der Waals surface area contributed by atoms with Crippen molar-refractivity contribution in [3.05, 3.63) is 0 Å². The normalized spacial score (nSPS) is 15.0. The molecule has 0 saturated carbocycles. The van der Waals surface area contributed by atoms with E-state index in [-0.39, 0.29) is 12.5 Å².